The predicted molar refractivity (Wildman–Crippen MR) is 127 cm³/mol. The molecule has 0 saturated carbocycles. The molecule has 2 aliphatic heterocycles. The molecule has 3 aromatic heterocycles. The Balaban J connectivity index is 0.000000211. The van der Waals surface area contributed by atoms with Crippen LogP contribution in [0, 0.1) is 29.1 Å². The van der Waals surface area contributed by atoms with Crippen LogP contribution >= 0.6 is 0 Å². The Kier molecular flexibility index (Phi) is 7.40. The molecule has 0 spiro atoms. The molecule has 11 heteroatoms. The summed E-state index contributed by atoms with van der Waals surface area (Å²) in [4.78, 5) is 16.0. The number of hydrogen-bond donors (Lipinski definition) is 3. The molecule has 4 aromatic rings. The zero-order valence-corrected chi connectivity index (χ0v) is 20.7. The first-order valence-corrected chi connectivity index (χ1v) is 10.5. The molecule has 5 heterocycles. The quantitative estimate of drug-likeness (QED) is 0.0940. The van der Waals surface area contributed by atoms with Crippen molar-refractivity contribution in [1.29, 1.82) is 0 Å². The molecule has 0 aliphatic carbocycles. The molecule has 0 atom stereocenters. The second-order valence-corrected chi connectivity index (χ2v) is 7.82. The summed E-state index contributed by atoms with van der Waals surface area (Å²) in [6, 6.07) is 16.4. The number of halogens is 5. The molecule has 0 saturated heterocycles. The Labute approximate surface area is 220 Å². The molecular formula is C26H15F5N4OPt. The van der Waals surface area contributed by atoms with Crippen molar-refractivity contribution in [3.8, 4) is 5.75 Å². The second-order valence-electron chi connectivity index (χ2n) is 7.82. The van der Waals surface area contributed by atoms with E-state index in [1.54, 1.807) is 0 Å². The third-order valence-electron chi connectivity index (χ3n) is 5.23. The van der Waals surface area contributed by atoms with Gasteiger partial charge in [0.15, 0.2) is 5.75 Å². The second kappa shape index (κ2) is 10.5. The first-order chi connectivity index (χ1) is 17.3. The van der Waals surface area contributed by atoms with Crippen LogP contribution < -0.4 is 0 Å². The van der Waals surface area contributed by atoms with Crippen LogP contribution in [0.2, 0.25) is 0 Å². The van der Waals surface area contributed by atoms with E-state index in [4.69, 9.17) is 5.11 Å². The number of phenolic OH excluding ortho intramolecular Hbond substituents is 1. The van der Waals surface area contributed by atoms with Crippen molar-refractivity contribution in [3.63, 3.8) is 0 Å². The fourth-order valence-corrected chi connectivity index (χ4v) is 3.54. The minimum atomic E-state index is -2.29. The summed E-state index contributed by atoms with van der Waals surface area (Å²) in [7, 11) is 0. The van der Waals surface area contributed by atoms with Gasteiger partial charge in [-0.05, 0) is 72.8 Å². The van der Waals surface area contributed by atoms with Crippen LogP contribution in [0.5, 0.6) is 5.75 Å². The molecule has 0 fully saturated rings. The Morgan fingerprint density at radius 3 is 1.05 bits per heavy atom. The first-order valence-electron chi connectivity index (χ1n) is 10.5. The van der Waals surface area contributed by atoms with Gasteiger partial charge in [-0.2, -0.15) is 8.78 Å². The first kappa shape index (κ1) is 26.0. The summed E-state index contributed by atoms with van der Waals surface area (Å²) in [5, 5.41) is 8.30. The number of nitrogens with one attached hydrogen (secondary N) is 2. The molecule has 190 valence electrons. The van der Waals surface area contributed by atoms with Gasteiger partial charge < -0.3 is 15.1 Å². The van der Waals surface area contributed by atoms with Gasteiger partial charge in [0.1, 0.15) is 0 Å². The smallest absolute Gasteiger partial charge is 0.206 e. The van der Waals surface area contributed by atoms with Gasteiger partial charge in [-0.3, -0.25) is 0 Å². The average molecular weight is 690 g/mol. The molecule has 5 nitrogen and oxygen atoms in total. The van der Waals surface area contributed by atoms with Gasteiger partial charge in [-0.1, -0.05) is 0 Å². The van der Waals surface area contributed by atoms with Crippen molar-refractivity contribution in [2.24, 2.45) is 0 Å². The van der Waals surface area contributed by atoms with E-state index in [1.165, 1.54) is 0 Å². The topological polar surface area (TPSA) is 77.6 Å². The molecule has 6 rings (SSSR count). The van der Waals surface area contributed by atoms with Gasteiger partial charge in [0.2, 0.25) is 29.1 Å². The Morgan fingerprint density at radius 1 is 0.486 bits per heavy atom. The maximum Gasteiger partial charge on any atom is 0.206 e. The molecule has 2 aliphatic rings. The number of phenols is 1. The van der Waals surface area contributed by atoms with Crippen LogP contribution in [0.4, 0.5) is 22.0 Å². The van der Waals surface area contributed by atoms with Crippen molar-refractivity contribution in [1.82, 2.24) is 19.9 Å². The van der Waals surface area contributed by atoms with E-state index in [0.29, 0.717) is 0 Å². The van der Waals surface area contributed by atoms with Gasteiger partial charge in [0.05, 0.1) is 22.8 Å². The summed E-state index contributed by atoms with van der Waals surface area (Å²) >= 11 is 0. The summed E-state index contributed by atoms with van der Waals surface area (Å²) in [6.45, 7) is 0. The van der Waals surface area contributed by atoms with Crippen molar-refractivity contribution in [3.05, 3.63) is 100 Å². The Morgan fingerprint density at radius 2 is 0.757 bits per heavy atom. The van der Waals surface area contributed by atoms with E-state index in [2.05, 4.69) is 44.2 Å². The van der Waals surface area contributed by atoms with E-state index in [0.717, 1.165) is 44.8 Å². The maximum atomic E-state index is 12.2. The van der Waals surface area contributed by atoms with Crippen molar-refractivity contribution in [2.75, 3.05) is 0 Å². The predicted octanol–water partition coefficient (Wildman–Crippen LogP) is 6.74. The number of H-pyrrole nitrogens is 2. The van der Waals surface area contributed by atoms with Gasteiger partial charge in [0, 0.05) is 43.1 Å². The van der Waals surface area contributed by atoms with Crippen LogP contribution in [0.3, 0.4) is 0 Å². The SMILES string of the molecule is C1=Cc2cc3ccc(cc4nc(cc5ccc(cc1n2)[nH]5)C=C4)[nH]3.Oc1c(F)c(F)c(F)c(F)c1F.[Pt]. The largest absolute Gasteiger partial charge is 0.503 e. The number of aromatic hydroxyl groups is 1. The Bertz CT molecular complexity index is 1450. The molecular weight excluding hydrogens is 674 g/mol. The normalized spacial score (nSPS) is 11.6. The zero-order valence-electron chi connectivity index (χ0n) is 18.5. The third-order valence-corrected chi connectivity index (χ3v) is 5.23. The van der Waals surface area contributed by atoms with Gasteiger partial charge in [-0.15, -0.1) is 0 Å². The zero-order chi connectivity index (χ0) is 25.4. The minimum Gasteiger partial charge on any atom is -0.503 e. The van der Waals surface area contributed by atoms with E-state index in [9.17, 15) is 22.0 Å². The number of fused-ring (bicyclic) bond motifs is 8. The number of aromatic amines is 2. The van der Waals surface area contributed by atoms with Crippen molar-refractivity contribution in [2.45, 2.75) is 0 Å². The Hall–Kier alpha value is -4.04. The van der Waals surface area contributed by atoms with Crippen molar-refractivity contribution >= 4 is 46.4 Å². The summed E-state index contributed by atoms with van der Waals surface area (Å²) in [5.41, 5.74) is 7.86. The van der Waals surface area contributed by atoms with E-state index in [-0.39, 0.29) is 21.1 Å². The number of nitrogens with zero attached hydrogens (tertiary/aromatic N) is 2. The van der Waals surface area contributed by atoms with Crippen molar-refractivity contribution < 1.29 is 48.1 Å². The number of rotatable bonds is 0. The van der Waals surface area contributed by atoms with Gasteiger partial charge >= 0.3 is 0 Å². The summed E-state index contributed by atoms with van der Waals surface area (Å²) in [5.74, 6) is -12.9. The molecule has 0 radical (unpaired) electrons. The average Bonchev–Trinajstić information content (AvgIpc) is 3.67. The van der Waals surface area contributed by atoms with E-state index < -0.39 is 34.8 Å². The number of hydrogen-bond acceptors (Lipinski definition) is 3. The van der Waals surface area contributed by atoms with Crippen LogP contribution in [0.25, 0.3) is 46.4 Å². The molecule has 8 bridgehead atoms. The molecule has 0 amide bonds. The molecule has 1 aromatic carbocycles. The van der Waals surface area contributed by atoms with Crippen LogP contribution in [-0.2, 0) is 21.1 Å². The van der Waals surface area contributed by atoms with Crippen LogP contribution in [0.15, 0.2) is 48.5 Å². The molecule has 0 unspecified atom stereocenters. The monoisotopic (exact) mass is 689 g/mol. The summed E-state index contributed by atoms with van der Waals surface area (Å²) in [6.07, 6.45) is 8.09. The number of aromatic nitrogens is 4. The number of benzene rings is 1. The van der Waals surface area contributed by atoms with E-state index >= 15 is 0 Å². The molecule has 3 N–H and O–H groups in total. The van der Waals surface area contributed by atoms with Gasteiger partial charge in [0.25, 0.3) is 0 Å². The van der Waals surface area contributed by atoms with Crippen LogP contribution in [-0.4, -0.2) is 25.0 Å². The summed E-state index contributed by atoms with van der Waals surface area (Å²) < 4.78 is 60.6. The maximum absolute atomic E-state index is 12.2. The van der Waals surface area contributed by atoms with Crippen LogP contribution in [0.1, 0.15) is 22.8 Å². The fraction of sp³-hybridized carbons (Fsp3) is 0. The van der Waals surface area contributed by atoms with Gasteiger partial charge in [-0.25, -0.2) is 23.1 Å². The standard InChI is InChI=1S/C20H14N4.C6HF5O.Pt/c1-2-14-10-16-5-6-18(23-16)12-20-8-7-19(24-20)11-17-4-3-15(22-17)9-13(1)21-14;7-1-2(8)4(10)6(12)5(11)3(1)9;/h1-12,21,24H;12H;. The fourth-order valence-electron chi connectivity index (χ4n) is 3.54. The minimum absolute atomic E-state index is 0. The third kappa shape index (κ3) is 5.54. The van der Waals surface area contributed by atoms with E-state index in [1.807, 2.05) is 48.6 Å². The molecule has 37 heavy (non-hydrogen) atoms.